The van der Waals surface area contributed by atoms with E-state index >= 15 is 0 Å². The summed E-state index contributed by atoms with van der Waals surface area (Å²) in [5.41, 5.74) is 1.13. The molecule has 1 aromatic rings. The SMILES string of the molecule is CCc1ccccc1OCC(=O)NCCC1CCOCC1. The Balaban J connectivity index is 1.65. The molecule has 0 bridgehead atoms. The topological polar surface area (TPSA) is 47.6 Å². The molecule has 21 heavy (non-hydrogen) atoms. The maximum absolute atomic E-state index is 11.8. The van der Waals surface area contributed by atoms with E-state index in [1.54, 1.807) is 0 Å². The Morgan fingerprint density at radius 2 is 2.10 bits per heavy atom. The van der Waals surface area contributed by atoms with E-state index in [1.807, 2.05) is 24.3 Å². The fraction of sp³-hybridized carbons (Fsp3) is 0.588. The van der Waals surface area contributed by atoms with Crippen LogP contribution in [-0.4, -0.2) is 32.3 Å². The summed E-state index contributed by atoms with van der Waals surface area (Å²) in [6, 6.07) is 7.85. The molecule has 4 nitrogen and oxygen atoms in total. The lowest BCUT2D eigenvalue weighted by Crippen LogP contribution is -2.31. The average Bonchev–Trinajstić information content (AvgIpc) is 2.54. The highest BCUT2D eigenvalue weighted by molar-refractivity contribution is 5.77. The zero-order valence-electron chi connectivity index (χ0n) is 12.8. The lowest BCUT2D eigenvalue weighted by atomic mass is 9.97. The van der Waals surface area contributed by atoms with Crippen molar-refractivity contribution in [3.05, 3.63) is 29.8 Å². The Morgan fingerprint density at radius 1 is 1.33 bits per heavy atom. The van der Waals surface area contributed by atoms with Crippen LogP contribution in [0.15, 0.2) is 24.3 Å². The van der Waals surface area contributed by atoms with Crippen molar-refractivity contribution in [3.63, 3.8) is 0 Å². The molecule has 1 N–H and O–H groups in total. The van der Waals surface area contributed by atoms with Gasteiger partial charge >= 0.3 is 0 Å². The maximum atomic E-state index is 11.8. The van der Waals surface area contributed by atoms with E-state index in [0.717, 1.165) is 56.8 Å². The van der Waals surface area contributed by atoms with E-state index in [0.29, 0.717) is 5.92 Å². The smallest absolute Gasteiger partial charge is 0.257 e. The Kier molecular flexibility index (Phi) is 6.54. The fourth-order valence-electron chi connectivity index (χ4n) is 2.58. The number of nitrogens with one attached hydrogen (secondary N) is 1. The number of ether oxygens (including phenoxy) is 2. The number of carbonyl (C=O) groups is 1. The van der Waals surface area contributed by atoms with Crippen LogP contribution < -0.4 is 10.1 Å². The third-order valence-electron chi connectivity index (χ3n) is 3.93. The Labute approximate surface area is 126 Å². The number of rotatable bonds is 7. The predicted octanol–water partition coefficient (Wildman–Crippen LogP) is 2.56. The Bertz CT molecular complexity index is 441. The number of aryl methyl sites for hydroxylation is 1. The van der Waals surface area contributed by atoms with Gasteiger partial charge in [0.05, 0.1) is 0 Å². The first-order chi connectivity index (χ1) is 10.3. The molecule has 0 saturated carbocycles. The molecular weight excluding hydrogens is 266 g/mol. The van der Waals surface area contributed by atoms with Crippen molar-refractivity contribution in [2.45, 2.75) is 32.6 Å². The van der Waals surface area contributed by atoms with Crippen LogP contribution in [0.5, 0.6) is 5.75 Å². The van der Waals surface area contributed by atoms with E-state index in [1.165, 1.54) is 0 Å². The molecule has 1 saturated heterocycles. The van der Waals surface area contributed by atoms with Crippen molar-refractivity contribution in [2.24, 2.45) is 5.92 Å². The van der Waals surface area contributed by atoms with Gasteiger partial charge in [0.25, 0.3) is 5.91 Å². The number of hydrogen-bond donors (Lipinski definition) is 1. The van der Waals surface area contributed by atoms with E-state index in [9.17, 15) is 4.79 Å². The van der Waals surface area contributed by atoms with Gasteiger partial charge in [-0.1, -0.05) is 25.1 Å². The summed E-state index contributed by atoms with van der Waals surface area (Å²) < 4.78 is 10.9. The highest BCUT2D eigenvalue weighted by Gasteiger charge is 2.13. The normalized spacial score (nSPS) is 15.7. The van der Waals surface area contributed by atoms with Crippen molar-refractivity contribution >= 4 is 5.91 Å². The molecule has 1 aliphatic heterocycles. The van der Waals surface area contributed by atoms with Crippen LogP contribution in [-0.2, 0) is 16.0 Å². The van der Waals surface area contributed by atoms with Crippen molar-refractivity contribution in [1.29, 1.82) is 0 Å². The summed E-state index contributed by atoms with van der Waals surface area (Å²) in [6.45, 7) is 4.61. The monoisotopic (exact) mass is 291 g/mol. The quantitative estimate of drug-likeness (QED) is 0.840. The van der Waals surface area contributed by atoms with Gasteiger partial charge in [-0.05, 0) is 43.2 Å². The predicted molar refractivity (Wildman–Crippen MR) is 82.5 cm³/mol. The van der Waals surface area contributed by atoms with Gasteiger partial charge < -0.3 is 14.8 Å². The number of para-hydroxylation sites is 1. The summed E-state index contributed by atoms with van der Waals surface area (Å²) in [5, 5.41) is 2.93. The largest absolute Gasteiger partial charge is 0.483 e. The molecule has 1 aromatic carbocycles. The maximum Gasteiger partial charge on any atom is 0.257 e. The lowest BCUT2D eigenvalue weighted by Gasteiger charge is -2.21. The molecule has 2 rings (SSSR count). The molecule has 4 heteroatoms. The molecule has 0 atom stereocenters. The van der Waals surface area contributed by atoms with Gasteiger partial charge in [-0.15, -0.1) is 0 Å². The second-order valence-corrected chi connectivity index (χ2v) is 5.44. The minimum Gasteiger partial charge on any atom is -0.483 e. The number of carbonyl (C=O) groups excluding carboxylic acids is 1. The molecule has 0 radical (unpaired) electrons. The minimum atomic E-state index is -0.0482. The van der Waals surface area contributed by atoms with Gasteiger partial charge in [0.15, 0.2) is 6.61 Å². The standard InChI is InChI=1S/C17H25NO3/c1-2-15-5-3-4-6-16(15)21-13-17(19)18-10-7-14-8-11-20-12-9-14/h3-6,14H,2,7-13H2,1H3,(H,18,19). The van der Waals surface area contributed by atoms with Gasteiger partial charge in [-0.3, -0.25) is 4.79 Å². The van der Waals surface area contributed by atoms with E-state index < -0.39 is 0 Å². The third kappa shape index (κ3) is 5.38. The molecule has 1 amide bonds. The average molecular weight is 291 g/mol. The van der Waals surface area contributed by atoms with Crippen LogP contribution in [0.25, 0.3) is 0 Å². The Hall–Kier alpha value is -1.55. The van der Waals surface area contributed by atoms with Gasteiger partial charge in [-0.2, -0.15) is 0 Å². The number of hydrogen-bond acceptors (Lipinski definition) is 3. The third-order valence-corrected chi connectivity index (χ3v) is 3.93. The summed E-state index contributed by atoms with van der Waals surface area (Å²) in [6.07, 6.45) is 4.15. The van der Waals surface area contributed by atoms with Crippen molar-refractivity contribution in [3.8, 4) is 5.75 Å². The number of benzene rings is 1. The van der Waals surface area contributed by atoms with Gasteiger partial charge in [0.2, 0.25) is 0 Å². The highest BCUT2D eigenvalue weighted by Crippen LogP contribution is 2.18. The second kappa shape index (κ2) is 8.67. The zero-order chi connectivity index (χ0) is 14.9. The Morgan fingerprint density at radius 3 is 2.86 bits per heavy atom. The summed E-state index contributed by atoms with van der Waals surface area (Å²) >= 11 is 0. The molecule has 0 aliphatic carbocycles. The molecule has 1 aliphatic rings. The molecule has 0 aromatic heterocycles. The van der Waals surface area contributed by atoms with E-state index in [2.05, 4.69) is 12.2 Å². The molecule has 1 fully saturated rings. The fourth-order valence-corrected chi connectivity index (χ4v) is 2.58. The second-order valence-electron chi connectivity index (χ2n) is 5.44. The minimum absolute atomic E-state index is 0.0482. The molecule has 1 heterocycles. The van der Waals surface area contributed by atoms with Crippen LogP contribution in [0.2, 0.25) is 0 Å². The van der Waals surface area contributed by atoms with Crippen LogP contribution in [0, 0.1) is 5.92 Å². The molecular formula is C17H25NO3. The first-order valence-electron chi connectivity index (χ1n) is 7.84. The van der Waals surface area contributed by atoms with E-state index in [4.69, 9.17) is 9.47 Å². The van der Waals surface area contributed by atoms with Crippen LogP contribution >= 0.6 is 0 Å². The first kappa shape index (κ1) is 15.8. The zero-order valence-corrected chi connectivity index (χ0v) is 12.8. The number of amides is 1. The molecule has 0 unspecified atom stereocenters. The highest BCUT2D eigenvalue weighted by atomic mass is 16.5. The summed E-state index contributed by atoms with van der Waals surface area (Å²) in [7, 11) is 0. The lowest BCUT2D eigenvalue weighted by molar-refractivity contribution is -0.123. The van der Waals surface area contributed by atoms with E-state index in [-0.39, 0.29) is 12.5 Å². The van der Waals surface area contributed by atoms with Crippen LogP contribution in [0.3, 0.4) is 0 Å². The molecule has 116 valence electrons. The summed E-state index contributed by atoms with van der Waals surface area (Å²) in [5.74, 6) is 1.44. The van der Waals surface area contributed by atoms with Crippen LogP contribution in [0.1, 0.15) is 31.7 Å². The van der Waals surface area contributed by atoms with Crippen molar-refractivity contribution < 1.29 is 14.3 Å². The van der Waals surface area contributed by atoms with Crippen LogP contribution in [0.4, 0.5) is 0 Å². The summed E-state index contributed by atoms with van der Waals surface area (Å²) in [4.78, 5) is 11.8. The van der Waals surface area contributed by atoms with Crippen molar-refractivity contribution in [2.75, 3.05) is 26.4 Å². The first-order valence-corrected chi connectivity index (χ1v) is 7.84. The molecule has 0 spiro atoms. The van der Waals surface area contributed by atoms with Gasteiger partial charge in [-0.25, -0.2) is 0 Å². The van der Waals surface area contributed by atoms with Gasteiger partial charge in [0, 0.05) is 19.8 Å². The van der Waals surface area contributed by atoms with Crippen molar-refractivity contribution in [1.82, 2.24) is 5.32 Å². The van der Waals surface area contributed by atoms with Gasteiger partial charge in [0.1, 0.15) is 5.75 Å².